The van der Waals surface area contributed by atoms with E-state index in [1.165, 1.54) is 0 Å². The molecule has 8 heteroatoms. The molecular weight excluding hydrogens is 320 g/mol. The van der Waals surface area contributed by atoms with Gasteiger partial charge in [-0.25, -0.2) is 0 Å². The Morgan fingerprint density at radius 3 is 1.25 bits per heavy atom. The zero-order chi connectivity index (χ0) is 15.7. The van der Waals surface area contributed by atoms with Gasteiger partial charge in [0, 0.05) is 0 Å². The second kappa shape index (κ2) is 5.97. The first-order valence-corrected chi connectivity index (χ1v) is 16.5. The molecule has 2 atom stereocenters. The Balaban J connectivity index is 3.28. The first kappa shape index (κ1) is 18.0. The highest BCUT2D eigenvalue weighted by molar-refractivity contribution is 6.97. The van der Waals surface area contributed by atoms with Gasteiger partial charge >= 0.3 is 34.2 Å². The van der Waals surface area contributed by atoms with Crippen LogP contribution in [0.5, 0.6) is 0 Å². The molecule has 0 spiro atoms. The molecule has 1 aliphatic heterocycles. The predicted molar refractivity (Wildman–Crippen MR) is 91.9 cm³/mol. The SMILES string of the molecule is C=C[Si]1(C)O[Si](C)(C=C)O[Si](C)(CC)O[Si](C)(C=C)O1. The monoisotopic (exact) mass is 346 g/mol. The third kappa shape index (κ3) is 3.98. The van der Waals surface area contributed by atoms with Crippen molar-refractivity contribution in [2.45, 2.75) is 39.2 Å². The van der Waals surface area contributed by atoms with Crippen molar-refractivity contribution in [3.63, 3.8) is 0 Å². The summed E-state index contributed by atoms with van der Waals surface area (Å²) in [5.74, 6) is 0. The lowest BCUT2D eigenvalue weighted by atomic mass is 11.0. The second-order valence-electron chi connectivity index (χ2n) is 5.56. The van der Waals surface area contributed by atoms with Crippen LogP contribution in [0.1, 0.15) is 6.92 Å². The van der Waals surface area contributed by atoms with Gasteiger partial charge in [0.1, 0.15) is 0 Å². The Bertz CT molecular complexity index is 390. The molecule has 114 valence electrons. The minimum absolute atomic E-state index is 0.832. The fourth-order valence-electron chi connectivity index (χ4n) is 2.14. The van der Waals surface area contributed by atoms with Crippen LogP contribution in [0.4, 0.5) is 0 Å². The predicted octanol–water partition coefficient (Wildman–Crippen LogP) is 3.55. The number of hydrogen-bond donors (Lipinski definition) is 0. The molecule has 1 heterocycles. The van der Waals surface area contributed by atoms with Crippen LogP contribution in [0.25, 0.3) is 0 Å². The summed E-state index contributed by atoms with van der Waals surface area (Å²) in [5, 5.41) is 0. The van der Waals surface area contributed by atoms with E-state index >= 15 is 0 Å². The van der Waals surface area contributed by atoms with Crippen molar-refractivity contribution in [1.82, 2.24) is 0 Å². The maximum absolute atomic E-state index is 6.37. The van der Waals surface area contributed by atoms with Gasteiger partial charge in [-0.3, -0.25) is 0 Å². The smallest absolute Gasteiger partial charge is 0.344 e. The Morgan fingerprint density at radius 1 is 0.700 bits per heavy atom. The van der Waals surface area contributed by atoms with Crippen LogP contribution in [0.15, 0.2) is 36.8 Å². The Hall–Kier alpha value is -0.0725. The van der Waals surface area contributed by atoms with Crippen LogP contribution in [0, 0.1) is 0 Å². The molecule has 1 aliphatic rings. The van der Waals surface area contributed by atoms with Crippen molar-refractivity contribution in [3.8, 4) is 0 Å². The van der Waals surface area contributed by atoms with Crippen LogP contribution in [0.2, 0.25) is 32.2 Å². The van der Waals surface area contributed by atoms with Crippen LogP contribution < -0.4 is 0 Å². The Morgan fingerprint density at radius 2 is 1.00 bits per heavy atom. The van der Waals surface area contributed by atoms with Gasteiger partial charge in [0.05, 0.1) is 0 Å². The van der Waals surface area contributed by atoms with E-state index in [9.17, 15) is 0 Å². The highest BCUT2D eigenvalue weighted by Crippen LogP contribution is 2.33. The summed E-state index contributed by atoms with van der Waals surface area (Å²) in [6.07, 6.45) is 0. The Labute approximate surface area is 127 Å². The van der Waals surface area contributed by atoms with Gasteiger partial charge < -0.3 is 16.5 Å². The standard InChI is InChI=1S/C12H26O4Si4/c1-9-17(5)13-18(6,10-2)15-20(8,12-4)16-19(7,11-3)14-17/h9-11H,1-3,12H2,4-8H3. The minimum atomic E-state index is -2.56. The second-order valence-corrected chi connectivity index (χ2v) is 19.1. The van der Waals surface area contributed by atoms with Crippen molar-refractivity contribution < 1.29 is 16.5 Å². The summed E-state index contributed by atoms with van der Waals surface area (Å²) in [6.45, 7) is 21.7. The first-order valence-electron chi connectivity index (χ1n) is 6.78. The van der Waals surface area contributed by atoms with Crippen molar-refractivity contribution in [2.24, 2.45) is 0 Å². The maximum atomic E-state index is 6.37. The molecule has 0 N–H and O–H groups in total. The van der Waals surface area contributed by atoms with Crippen LogP contribution in [-0.2, 0) is 16.5 Å². The van der Waals surface area contributed by atoms with E-state index in [-0.39, 0.29) is 0 Å². The molecule has 0 aromatic heterocycles. The van der Waals surface area contributed by atoms with E-state index in [4.69, 9.17) is 16.5 Å². The molecule has 1 rings (SSSR count). The third-order valence-electron chi connectivity index (χ3n) is 3.40. The lowest BCUT2D eigenvalue weighted by molar-refractivity contribution is 0.244. The van der Waals surface area contributed by atoms with Gasteiger partial charge in [-0.05, 0) is 32.2 Å². The van der Waals surface area contributed by atoms with Gasteiger partial charge in [-0.1, -0.05) is 24.0 Å². The lowest BCUT2D eigenvalue weighted by Crippen LogP contribution is -2.66. The van der Waals surface area contributed by atoms with E-state index in [0.29, 0.717) is 0 Å². The van der Waals surface area contributed by atoms with Crippen LogP contribution in [-0.4, -0.2) is 34.2 Å². The summed E-state index contributed by atoms with van der Waals surface area (Å²) in [4.78, 5) is 0. The van der Waals surface area contributed by atoms with E-state index in [1.807, 2.05) is 19.6 Å². The molecule has 0 aromatic carbocycles. The van der Waals surface area contributed by atoms with Gasteiger partial charge in [0.2, 0.25) is 0 Å². The molecule has 1 saturated heterocycles. The molecule has 0 aliphatic carbocycles. The quantitative estimate of drug-likeness (QED) is 0.730. The summed E-state index contributed by atoms with van der Waals surface area (Å²) < 4.78 is 25.3. The average molecular weight is 347 g/mol. The highest BCUT2D eigenvalue weighted by Gasteiger charge is 2.54. The number of hydrogen-bond acceptors (Lipinski definition) is 4. The van der Waals surface area contributed by atoms with E-state index < -0.39 is 34.2 Å². The molecule has 4 nitrogen and oxygen atoms in total. The normalized spacial score (nSPS) is 46.0. The van der Waals surface area contributed by atoms with Crippen molar-refractivity contribution in [3.05, 3.63) is 36.8 Å². The summed E-state index contributed by atoms with van der Waals surface area (Å²) in [5.41, 5.74) is 5.38. The lowest BCUT2D eigenvalue weighted by Gasteiger charge is -2.47. The largest absolute Gasteiger partial charge is 0.413 e. The van der Waals surface area contributed by atoms with E-state index in [1.54, 1.807) is 17.1 Å². The van der Waals surface area contributed by atoms with E-state index in [0.717, 1.165) is 6.04 Å². The van der Waals surface area contributed by atoms with Gasteiger partial charge in [0.25, 0.3) is 0 Å². The minimum Gasteiger partial charge on any atom is -0.413 e. The van der Waals surface area contributed by atoms with Crippen LogP contribution in [0.3, 0.4) is 0 Å². The zero-order valence-corrected chi connectivity index (χ0v) is 17.2. The van der Waals surface area contributed by atoms with E-state index in [2.05, 4.69) is 33.2 Å². The molecule has 0 aromatic rings. The van der Waals surface area contributed by atoms with Gasteiger partial charge in [-0.15, -0.1) is 19.7 Å². The molecule has 0 radical (unpaired) electrons. The first-order chi connectivity index (χ1) is 9.07. The molecule has 0 saturated carbocycles. The van der Waals surface area contributed by atoms with Gasteiger partial charge in [0.15, 0.2) is 0 Å². The average Bonchev–Trinajstić information content (AvgIpc) is 2.36. The van der Waals surface area contributed by atoms with Crippen LogP contribution >= 0.6 is 0 Å². The van der Waals surface area contributed by atoms with Gasteiger partial charge in [-0.2, -0.15) is 0 Å². The molecular formula is C12H26O4Si4. The molecule has 1 fully saturated rings. The summed E-state index contributed by atoms with van der Waals surface area (Å²) in [6, 6.07) is 0.832. The van der Waals surface area contributed by atoms with Crippen molar-refractivity contribution >= 4 is 34.2 Å². The molecule has 0 amide bonds. The highest BCUT2D eigenvalue weighted by atomic mass is 28.5. The zero-order valence-electron chi connectivity index (χ0n) is 13.2. The topological polar surface area (TPSA) is 36.9 Å². The molecule has 2 unspecified atom stereocenters. The molecule has 20 heavy (non-hydrogen) atoms. The number of rotatable bonds is 4. The van der Waals surface area contributed by atoms with Crippen molar-refractivity contribution in [1.29, 1.82) is 0 Å². The fraction of sp³-hybridized carbons (Fsp3) is 0.500. The maximum Gasteiger partial charge on any atom is 0.344 e. The third-order valence-corrected chi connectivity index (χ3v) is 20.1. The van der Waals surface area contributed by atoms with Crippen molar-refractivity contribution in [2.75, 3.05) is 0 Å². The fourth-order valence-corrected chi connectivity index (χ4v) is 20.8. The molecule has 0 bridgehead atoms. The Kier molecular flexibility index (Phi) is 5.36. The summed E-state index contributed by atoms with van der Waals surface area (Å²) >= 11 is 0. The summed E-state index contributed by atoms with van der Waals surface area (Å²) in [7, 11) is -9.98.